The summed E-state index contributed by atoms with van der Waals surface area (Å²) >= 11 is 0. The van der Waals surface area contributed by atoms with Crippen LogP contribution in [0.3, 0.4) is 0 Å². The van der Waals surface area contributed by atoms with E-state index in [0.29, 0.717) is 24.2 Å². The van der Waals surface area contributed by atoms with Crippen LogP contribution in [0, 0.1) is 5.92 Å². The van der Waals surface area contributed by atoms with Gasteiger partial charge in [-0.25, -0.2) is 0 Å². The Morgan fingerprint density at radius 2 is 2.12 bits per heavy atom. The molecule has 0 aliphatic heterocycles. The van der Waals surface area contributed by atoms with Crippen LogP contribution >= 0.6 is 0 Å². The summed E-state index contributed by atoms with van der Waals surface area (Å²) < 4.78 is 5.43. The molecule has 0 fully saturated rings. The average molecular weight is 245 g/mol. The van der Waals surface area contributed by atoms with Crippen LogP contribution in [-0.4, -0.2) is 36.8 Å². The summed E-state index contributed by atoms with van der Waals surface area (Å²) in [5.74, 6) is 0.866. The molecule has 0 bridgehead atoms. The fourth-order valence-electron chi connectivity index (χ4n) is 1.50. The van der Waals surface area contributed by atoms with Crippen molar-refractivity contribution in [2.45, 2.75) is 46.1 Å². The van der Waals surface area contributed by atoms with E-state index in [9.17, 15) is 0 Å². The molecule has 0 aliphatic carbocycles. The Hall–Kier alpha value is -0.810. The summed E-state index contributed by atoms with van der Waals surface area (Å²) in [5, 5.41) is 14.8. The van der Waals surface area contributed by atoms with Crippen molar-refractivity contribution in [2.24, 2.45) is 16.8 Å². The Kier molecular flexibility index (Phi) is 9.86. The van der Waals surface area contributed by atoms with Crippen molar-refractivity contribution in [1.29, 1.82) is 0 Å². The lowest BCUT2D eigenvalue weighted by atomic mass is 10.1. The van der Waals surface area contributed by atoms with E-state index in [1.165, 1.54) is 0 Å². The monoisotopic (exact) mass is 245 g/mol. The van der Waals surface area contributed by atoms with Crippen LogP contribution in [0.5, 0.6) is 0 Å². The lowest BCUT2D eigenvalue weighted by Gasteiger charge is -2.22. The number of unbranched alkanes of at least 4 members (excludes halogenated alkanes) is 1. The van der Waals surface area contributed by atoms with Gasteiger partial charge in [-0.05, 0) is 32.2 Å². The summed E-state index contributed by atoms with van der Waals surface area (Å²) in [4.78, 5) is 0. The van der Waals surface area contributed by atoms with E-state index in [-0.39, 0.29) is 0 Å². The molecular weight excluding hydrogens is 218 g/mol. The Labute approximate surface area is 104 Å². The van der Waals surface area contributed by atoms with Gasteiger partial charge in [0.25, 0.3) is 0 Å². The van der Waals surface area contributed by atoms with Crippen molar-refractivity contribution in [3.8, 4) is 0 Å². The molecule has 102 valence electrons. The van der Waals surface area contributed by atoms with Crippen LogP contribution in [0.2, 0.25) is 0 Å². The Bertz CT molecular complexity index is 208. The second-order valence-corrected chi connectivity index (χ2v) is 4.51. The predicted molar refractivity (Wildman–Crippen MR) is 70.4 cm³/mol. The summed E-state index contributed by atoms with van der Waals surface area (Å²) in [6.45, 7) is 8.84. The maximum atomic E-state index is 8.38. The van der Waals surface area contributed by atoms with Crippen LogP contribution < -0.4 is 11.1 Å². The number of nitrogens with one attached hydrogen (secondary N) is 1. The van der Waals surface area contributed by atoms with Crippen LogP contribution in [0.15, 0.2) is 5.16 Å². The molecule has 0 saturated carbocycles. The second-order valence-electron chi connectivity index (χ2n) is 4.51. The number of ether oxygens (including phenoxy) is 1. The minimum atomic E-state index is 0.305. The maximum Gasteiger partial charge on any atom is 0.139 e. The fraction of sp³-hybridized carbons (Fsp3) is 0.917. The zero-order valence-electron chi connectivity index (χ0n) is 11.3. The highest BCUT2D eigenvalue weighted by Crippen LogP contribution is 2.03. The van der Waals surface area contributed by atoms with Gasteiger partial charge in [0.05, 0.1) is 6.61 Å². The molecule has 0 radical (unpaired) electrons. The molecule has 0 heterocycles. The van der Waals surface area contributed by atoms with Gasteiger partial charge in [0.15, 0.2) is 0 Å². The Morgan fingerprint density at radius 1 is 1.41 bits per heavy atom. The number of hydrogen-bond acceptors (Lipinski definition) is 4. The second kappa shape index (κ2) is 10.4. The molecule has 0 saturated heterocycles. The minimum Gasteiger partial charge on any atom is -0.409 e. The van der Waals surface area contributed by atoms with E-state index in [1.54, 1.807) is 0 Å². The van der Waals surface area contributed by atoms with Crippen molar-refractivity contribution in [1.82, 2.24) is 5.32 Å². The number of nitrogens with two attached hydrogens (primary N) is 1. The van der Waals surface area contributed by atoms with Gasteiger partial charge in [0, 0.05) is 19.1 Å². The third kappa shape index (κ3) is 8.94. The molecule has 0 aromatic carbocycles. The van der Waals surface area contributed by atoms with Crippen LogP contribution in [0.1, 0.15) is 40.0 Å². The number of amidine groups is 1. The lowest BCUT2D eigenvalue weighted by molar-refractivity contribution is 0.108. The van der Waals surface area contributed by atoms with E-state index in [1.807, 2.05) is 6.92 Å². The Balaban J connectivity index is 3.61. The highest BCUT2D eigenvalue weighted by molar-refractivity contribution is 5.79. The van der Waals surface area contributed by atoms with Gasteiger partial charge in [0.1, 0.15) is 5.84 Å². The molecule has 0 amide bonds. The van der Waals surface area contributed by atoms with Crippen molar-refractivity contribution >= 4 is 5.84 Å². The smallest absolute Gasteiger partial charge is 0.139 e. The first kappa shape index (κ1) is 16.2. The quantitative estimate of drug-likeness (QED) is 0.179. The van der Waals surface area contributed by atoms with Gasteiger partial charge in [0.2, 0.25) is 0 Å². The molecular formula is C12H27N3O2. The summed E-state index contributed by atoms with van der Waals surface area (Å²) in [6, 6.07) is 0.402. The third-order valence-electron chi connectivity index (χ3n) is 2.70. The zero-order chi connectivity index (χ0) is 13.1. The molecule has 5 heteroatoms. The van der Waals surface area contributed by atoms with Crippen molar-refractivity contribution in [3.63, 3.8) is 0 Å². The molecule has 5 nitrogen and oxygen atoms in total. The minimum absolute atomic E-state index is 0.305. The first-order valence-electron chi connectivity index (χ1n) is 6.39. The molecule has 1 atom stereocenters. The van der Waals surface area contributed by atoms with Gasteiger partial charge < -0.3 is 21.0 Å². The first-order valence-corrected chi connectivity index (χ1v) is 6.39. The van der Waals surface area contributed by atoms with Crippen molar-refractivity contribution < 1.29 is 9.94 Å². The predicted octanol–water partition coefficient (Wildman–Crippen LogP) is 1.55. The van der Waals surface area contributed by atoms with E-state index in [0.717, 1.165) is 32.6 Å². The molecule has 0 aromatic rings. The van der Waals surface area contributed by atoms with Gasteiger partial charge in [-0.15, -0.1) is 0 Å². The summed E-state index contributed by atoms with van der Waals surface area (Å²) in [5.41, 5.74) is 5.39. The summed E-state index contributed by atoms with van der Waals surface area (Å²) in [7, 11) is 0. The highest BCUT2D eigenvalue weighted by Gasteiger charge is 2.11. The van der Waals surface area contributed by atoms with Gasteiger partial charge in [-0.1, -0.05) is 19.0 Å². The van der Waals surface area contributed by atoms with E-state index < -0.39 is 0 Å². The topological polar surface area (TPSA) is 79.9 Å². The third-order valence-corrected chi connectivity index (χ3v) is 2.70. The molecule has 4 N–H and O–H groups in total. The summed E-state index contributed by atoms with van der Waals surface area (Å²) in [6.07, 6.45) is 2.60. The maximum absolute atomic E-state index is 8.38. The largest absolute Gasteiger partial charge is 0.409 e. The standard InChI is InChI=1S/C12H27N3O2/c1-4-17-9-11(10(2)3)14-8-6-5-7-12(13)15-16/h10-11,14,16H,4-9H2,1-3H3,(H2,13,15). The zero-order valence-corrected chi connectivity index (χ0v) is 11.3. The van der Waals surface area contributed by atoms with Gasteiger partial charge in [-0.3, -0.25) is 0 Å². The Morgan fingerprint density at radius 3 is 2.65 bits per heavy atom. The number of hydrogen-bond donors (Lipinski definition) is 3. The van der Waals surface area contributed by atoms with Crippen molar-refractivity contribution in [2.75, 3.05) is 19.8 Å². The number of rotatable bonds is 10. The van der Waals surface area contributed by atoms with E-state index in [2.05, 4.69) is 24.3 Å². The van der Waals surface area contributed by atoms with Crippen molar-refractivity contribution in [3.05, 3.63) is 0 Å². The first-order chi connectivity index (χ1) is 8.11. The van der Waals surface area contributed by atoms with Gasteiger partial charge >= 0.3 is 0 Å². The molecule has 0 aromatic heterocycles. The molecule has 0 rings (SSSR count). The SMILES string of the molecule is CCOCC(NCCCCC(N)=NO)C(C)C. The number of nitrogens with zero attached hydrogens (tertiary/aromatic N) is 1. The fourth-order valence-corrected chi connectivity index (χ4v) is 1.50. The molecule has 0 aliphatic rings. The van der Waals surface area contributed by atoms with Crippen LogP contribution in [-0.2, 0) is 4.74 Å². The van der Waals surface area contributed by atoms with Crippen LogP contribution in [0.4, 0.5) is 0 Å². The highest BCUT2D eigenvalue weighted by atomic mass is 16.5. The molecule has 0 spiro atoms. The van der Waals surface area contributed by atoms with E-state index in [4.69, 9.17) is 15.7 Å². The molecule has 17 heavy (non-hydrogen) atoms. The van der Waals surface area contributed by atoms with Gasteiger partial charge in [-0.2, -0.15) is 0 Å². The van der Waals surface area contributed by atoms with Crippen LogP contribution in [0.25, 0.3) is 0 Å². The molecule has 1 unspecified atom stereocenters. The van der Waals surface area contributed by atoms with E-state index >= 15 is 0 Å². The number of oxime groups is 1. The lowest BCUT2D eigenvalue weighted by Crippen LogP contribution is -2.38. The average Bonchev–Trinajstić information content (AvgIpc) is 2.31. The normalized spacial score (nSPS) is 14.2.